The fraction of sp³-hybridized carbons (Fsp3) is 0.385. The van der Waals surface area contributed by atoms with Gasteiger partial charge in [0.15, 0.2) is 0 Å². The molecule has 0 fully saturated rings. The zero-order chi connectivity index (χ0) is 11.5. The molecule has 1 heterocycles. The number of hydrogen-bond donors (Lipinski definition) is 1. The van der Waals surface area contributed by atoms with Crippen molar-refractivity contribution in [2.24, 2.45) is 0 Å². The van der Waals surface area contributed by atoms with Gasteiger partial charge >= 0.3 is 0 Å². The first-order valence-corrected chi connectivity index (χ1v) is 5.56. The Bertz CT molecular complexity index is 412. The van der Waals surface area contributed by atoms with Crippen LogP contribution in [0.1, 0.15) is 12.0 Å². The standard InChI is InChI=1S/C13H17FN2/c1-15-13-11(6-3-7-12(13)14)10-5-4-8-16(2)9-10/h3,5-7,15H,4,8-9H2,1-2H3. The van der Waals surface area contributed by atoms with Gasteiger partial charge < -0.3 is 10.2 Å². The van der Waals surface area contributed by atoms with E-state index in [1.54, 1.807) is 13.1 Å². The first kappa shape index (κ1) is 11.1. The topological polar surface area (TPSA) is 15.3 Å². The number of hydrogen-bond acceptors (Lipinski definition) is 2. The molecule has 2 rings (SSSR count). The van der Waals surface area contributed by atoms with Gasteiger partial charge in [0.05, 0.1) is 5.69 Å². The SMILES string of the molecule is CNc1c(F)cccc1C1=CCCN(C)C1. The highest BCUT2D eigenvalue weighted by Gasteiger charge is 2.14. The van der Waals surface area contributed by atoms with E-state index in [1.807, 2.05) is 6.07 Å². The van der Waals surface area contributed by atoms with Gasteiger partial charge in [0.1, 0.15) is 5.82 Å². The van der Waals surface area contributed by atoms with Crippen molar-refractivity contribution in [2.75, 3.05) is 32.5 Å². The second-order valence-electron chi connectivity index (χ2n) is 4.17. The van der Waals surface area contributed by atoms with E-state index >= 15 is 0 Å². The number of benzene rings is 1. The van der Waals surface area contributed by atoms with Crippen LogP contribution in [0.4, 0.5) is 10.1 Å². The molecule has 86 valence electrons. The third-order valence-corrected chi connectivity index (χ3v) is 2.95. The second-order valence-corrected chi connectivity index (χ2v) is 4.17. The van der Waals surface area contributed by atoms with Gasteiger partial charge in [-0.1, -0.05) is 18.2 Å². The monoisotopic (exact) mass is 220 g/mol. The second kappa shape index (κ2) is 4.66. The number of likely N-dealkylation sites (N-methyl/N-ethyl adjacent to an activating group) is 1. The molecule has 0 aliphatic carbocycles. The molecule has 0 amide bonds. The van der Waals surface area contributed by atoms with Crippen LogP contribution in [-0.2, 0) is 0 Å². The lowest BCUT2D eigenvalue weighted by atomic mass is 9.99. The average Bonchev–Trinajstić information content (AvgIpc) is 2.28. The molecule has 0 radical (unpaired) electrons. The summed E-state index contributed by atoms with van der Waals surface area (Å²) in [5, 5.41) is 2.94. The van der Waals surface area contributed by atoms with Crippen LogP contribution in [0.15, 0.2) is 24.3 Å². The molecule has 0 unspecified atom stereocenters. The summed E-state index contributed by atoms with van der Waals surface area (Å²) in [6.45, 7) is 1.96. The zero-order valence-electron chi connectivity index (χ0n) is 9.76. The fourth-order valence-corrected chi connectivity index (χ4v) is 2.13. The molecule has 16 heavy (non-hydrogen) atoms. The first-order chi connectivity index (χ1) is 7.72. The molecule has 0 atom stereocenters. The van der Waals surface area contributed by atoms with Crippen molar-refractivity contribution in [2.45, 2.75) is 6.42 Å². The first-order valence-electron chi connectivity index (χ1n) is 5.56. The van der Waals surface area contributed by atoms with E-state index in [-0.39, 0.29) is 5.82 Å². The third kappa shape index (κ3) is 2.09. The van der Waals surface area contributed by atoms with Crippen molar-refractivity contribution in [3.8, 4) is 0 Å². The smallest absolute Gasteiger partial charge is 0.146 e. The molecule has 1 N–H and O–H groups in total. The van der Waals surface area contributed by atoms with Crippen LogP contribution in [0.3, 0.4) is 0 Å². The number of rotatable bonds is 2. The average molecular weight is 220 g/mol. The van der Waals surface area contributed by atoms with E-state index in [0.29, 0.717) is 5.69 Å². The molecule has 2 nitrogen and oxygen atoms in total. The number of nitrogens with one attached hydrogen (secondary N) is 1. The normalized spacial score (nSPS) is 17.1. The van der Waals surface area contributed by atoms with Crippen molar-refractivity contribution in [1.82, 2.24) is 4.90 Å². The van der Waals surface area contributed by atoms with Crippen LogP contribution >= 0.6 is 0 Å². The van der Waals surface area contributed by atoms with Gasteiger partial charge in [0.2, 0.25) is 0 Å². The zero-order valence-corrected chi connectivity index (χ0v) is 9.76. The Hall–Kier alpha value is -1.35. The van der Waals surface area contributed by atoms with E-state index < -0.39 is 0 Å². The molecule has 1 aliphatic heterocycles. The van der Waals surface area contributed by atoms with Crippen LogP contribution in [0.25, 0.3) is 5.57 Å². The van der Waals surface area contributed by atoms with Crippen molar-refractivity contribution in [3.63, 3.8) is 0 Å². The van der Waals surface area contributed by atoms with Crippen molar-refractivity contribution < 1.29 is 4.39 Å². The molecule has 1 aliphatic rings. The van der Waals surface area contributed by atoms with Crippen molar-refractivity contribution >= 4 is 11.3 Å². The summed E-state index contributed by atoms with van der Waals surface area (Å²) in [6, 6.07) is 5.23. The van der Waals surface area contributed by atoms with Gasteiger partial charge in [0.25, 0.3) is 0 Å². The maximum absolute atomic E-state index is 13.6. The van der Waals surface area contributed by atoms with E-state index in [9.17, 15) is 4.39 Å². The summed E-state index contributed by atoms with van der Waals surface area (Å²) in [5.74, 6) is -0.186. The number of nitrogens with zero attached hydrogens (tertiary/aromatic N) is 1. The molecule has 0 spiro atoms. The summed E-state index contributed by atoms with van der Waals surface area (Å²) in [4.78, 5) is 2.25. The van der Waals surface area contributed by atoms with Gasteiger partial charge in [-0.2, -0.15) is 0 Å². The van der Waals surface area contributed by atoms with E-state index in [4.69, 9.17) is 0 Å². The van der Waals surface area contributed by atoms with Gasteiger partial charge in [-0.05, 0) is 25.1 Å². The van der Waals surface area contributed by atoms with Crippen LogP contribution in [0.2, 0.25) is 0 Å². The van der Waals surface area contributed by atoms with Crippen LogP contribution in [-0.4, -0.2) is 32.1 Å². The minimum absolute atomic E-state index is 0.186. The molecule has 0 bridgehead atoms. The Kier molecular flexibility index (Phi) is 3.25. The maximum atomic E-state index is 13.6. The predicted octanol–water partition coefficient (Wildman–Crippen LogP) is 2.59. The lowest BCUT2D eigenvalue weighted by Crippen LogP contribution is -2.25. The number of anilines is 1. The maximum Gasteiger partial charge on any atom is 0.146 e. The highest BCUT2D eigenvalue weighted by molar-refractivity contribution is 5.77. The molecule has 0 aromatic heterocycles. The molecule has 3 heteroatoms. The molecule has 0 saturated heterocycles. The molecular weight excluding hydrogens is 203 g/mol. The summed E-state index contributed by atoms with van der Waals surface area (Å²) >= 11 is 0. The minimum Gasteiger partial charge on any atom is -0.385 e. The highest BCUT2D eigenvalue weighted by atomic mass is 19.1. The predicted molar refractivity (Wildman–Crippen MR) is 66.0 cm³/mol. The van der Waals surface area contributed by atoms with Crippen LogP contribution in [0, 0.1) is 5.82 Å². The Morgan fingerprint density at radius 1 is 1.38 bits per heavy atom. The fourth-order valence-electron chi connectivity index (χ4n) is 2.13. The lowest BCUT2D eigenvalue weighted by molar-refractivity contribution is 0.373. The Labute approximate surface area is 95.8 Å². The Morgan fingerprint density at radius 2 is 2.19 bits per heavy atom. The number of para-hydroxylation sites is 1. The van der Waals surface area contributed by atoms with Gasteiger partial charge in [-0.15, -0.1) is 0 Å². The van der Waals surface area contributed by atoms with Gasteiger partial charge in [0, 0.05) is 25.7 Å². The summed E-state index contributed by atoms with van der Waals surface area (Å²) in [7, 11) is 3.85. The Balaban J connectivity index is 2.40. The number of halogens is 1. The lowest BCUT2D eigenvalue weighted by Gasteiger charge is -2.24. The summed E-state index contributed by atoms with van der Waals surface area (Å²) in [5.41, 5.74) is 2.79. The molecular formula is C13H17FN2. The molecule has 1 aromatic rings. The third-order valence-electron chi connectivity index (χ3n) is 2.95. The van der Waals surface area contributed by atoms with Crippen molar-refractivity contribution in [3.05, 3.63) is 35.7 Å². The molecule has 1 aromatic carbocycles. The van der Waals surface area contributed by atoms with E-state index in [1.165, 1.54) is 11.6 Å². The quantitative estimate of drug-likeness (QED) is 0.824. The van der Waals surface area contributed by atoms with Crippen LogP contribution in [0.5, 0.6) is 0 Å². The van der Waals surface area contributed by atoms with Gasteiger partial charge in [-0.25, -0.2) is 4.39 Å². The molecule has 0 saturated carbocycles. The van der Waals surface area contributed by atoms with Gasteiger partial charge in [-0.3, -0.25) is 0 Å². The Morgan fingerprint density at radius 3 is 2.88 bits per heavy atom. The van der Waals surface area contributed by atoms with Crippen molar-refractivity contribution in [1.29, 1.82) is 0 Å². The van der Waals surface area contributed by atoms with Crippen LogP contribution < -0.4 is 5.32 Å². The highest BCUT2D eigenvalue weighted by Crippen LogP contribution is 2.28. The summed E-state index contributed by atoms with van der Waals surface area (Å²) < 4.78 is 13.6. The summed E-state index contributed by atoms with van der Waals surface area (Å²) in [6.07, 6.45) is 3.24. The van der Waals surface area contributed by atoms with E-state index in [0.717, 1.165) is 25.1 Å². The minimum atomic E-state index is -0.186. The largest absolute Gasteiger partial charge is 0.385 e. The van der Waals surface area contributed by atoms with E-state index in [2.05, 4.69) is 23.3 Å².